The van der Waals surface area contributed by atoms with Crippen LogP contribution in [0.15, 0.2) is 9.82 Å². The van der Waals surface area contributed by atoms with Crippen molar-refractivity contribution in [3.8, 4) is 0 Å². The molecule has 0 aliphatic carbocycles. The van der Waals surface area contributed by atoms with Crippen molar-refractivity contribution in [3.05, 3.63) is 16.3 Å². The molecule has 0 amide bonds. The summed E-state index contributed by atoms with van der Waals surface area (Å²) in [4.78, 5) is 15.7. The highest BCUT2D eigenvalue weighted by Gasteiger charge is 2.22. The standard InChI is InChI=1S/C7H9ClN6O3S/c1-4-10-6(18(9,16)17)5-11-12-13(3-2-8)7(15)14(4)5/h2-3H2,1H3,(H2,9,16,17). The van der Waals surface area contributed by atoms with Crippen molar-refractivity contribution in [2.45, 2.75) is 18.5 Å². The third-order valence-electron chi connectivity index (χ3n) is 2.22. The van der Waals surface area contributed by atoms with Gasteiger partial charge in [0.15, 0.2) is 0 Å². The number of rotatable bonds is 3. The van der Waals surface area contributed by atoms with Gasteiger partial charge in [-0.3, -0.25) is 0 Å². The molecule has 2 rings (SSSR count). The summed E-state index contributed by atoms with van der Waals surface area (Å²) in [7, 11) is -4.06. The monoisotopic (exact) mass is 292 g/mol. The average molecular weight is 293 g/mol. The number of halogens is 1. The molecule has 0 fully saturated rings. The Labute approximate surface area is 106 Å². The molecule has 2 aromatic heterocycles. The Kier molecular flexibility index (Phi) is 3.09. The van der Waals surface area contributed by atoms with Crippen LogP contribution in [0.25, 0.3) is 5.65 Å². The van der Waals surface area contributed by atoms with E-state index in [-0.39, 0.29) is 23.9 Å². The summed E-state index contributed by atoms with van der Waals surface area (Å²) in [5, 5.41) is 11.7. The van der Waals surface area contributed by atoms with Crippen molar-refractivity contribution < 1.29 is 8.42 Å². The lowest BCUT2D eigenvalue weighted by Gasteiger charge is -2.01. The molecule has 2 heterocycles. The minimum Gasteiger partial charge on any atom is -0.245 e. The van der Waals surface area contributed by atoms with Crippen LogP contribution in [0.1, 0.15) is 5.82 Å². The van der Waals surface area contributed by atoms with Crippen molar-refractivity contribution in [2.75, 3.05) is 5.88 Å². The van der Waals surface area contributed by atoms with E-state index in [4.69, 9.17) is 16.7 Å². The molecule has 2 N–H and O–H groups in total. The van der Waals surface area contributed by atoms with Crippen LogP contribution in [0, 0.1) is 6.92 Å². The topological polar surface area (TPSA) is 125 Å². The highest BCUT2D eigenvalue weighted by Crippen LogP contribution is 2.11. The van der Waals surface area contributed by atoms with Crippen LogP contribution >= 0.6 is 11.6 Å². The van der Waals surface area contributed by atoms with E-state index in [0.29, 0.717) is 0 Å². The highest BCUT2D eigenvalue weighted by molar-refractivity contribution is 7.89. The molecular formula is C7H9ClN6O3S. The van der Waals surface area contributed by atoms with E-state index >= 15 is 0 Å². The Balaban J connectivity index is 2.86. The number of alkyl halides is 1. The van der Waals surface area contributed by atoms with Crippen molar-refractivity contribution in [2.24, 2.45) is 5.14 Å². The molecule has 9 nitrogen and oxygen atoms in total. The van der Waals surface area contributed by atoms with E-state index in [0.717, 1.165) is 9.08 Å². The normalized spacial score (nSPS) is 12.2. The molecule has 0 aliphatic heterocycles. The zero-order valence-corrected chi connectivity index (χ0v) is 10.8. The molecule has 0 aromatic carbocycles. The summed E-state index contributed by atoms with van der Waals surface area (Å²) in [5.74, 6) is 0.341. The number of aryl methyl sites for hydroxylation is 2. The van der Waals surface area contributed by atoms with E-state index in [1.165, 1.54) is 6.92 Å². The molecule has 0 aliphatic rings. The van der Waals surface area contributed by atoms with Crippen LogP contribution in [0.2, 0.25) is 0 Å². The Bertz CT molecular complexity index is 763. The summed E-state index contributed by atoms with van der Waals surface area (Å²) >= 11 is 5.51. The first kappa shape index (κ1) is 12.9. The van der Waals surface area contributed by atoms with Gasteiger partial charge in [-0.25, -0.2) is 27.7 Å². The molecule has 0 spiro atoms. The lowest BCUT2D eigenvalue weighted by molar-refractivity contribution is 0.542. The predicted octanol–water partition coefficient (Wildman–Crippen LogP) is -1.52. The minimum atomic E-state index is -4.06. The van der Waals surface area contributed by atoms with Gasteiger partial charge in [-0.15, -0.1) is 16.7 Å². The number of imidazole rings is 1. The first-order valence-corrected chi connectivity index (χ1v) is 6.86. The van der Waals surface area contributed by atoms with Crippen LogP contribution in [-0.2, 0) is 16.6 Å². The molecule has 0 radical (unpaired) electrons. The maximum Gasteiger partial charge on any atom is 0.353 e. The number of sulfonamides is 1. The number of primary sulfonamides is 1. The summed E-state index contributed by atoms with van der Waals surface area (Å²) in [5.41, 5.74) is -0.758. The third kappa shape index (κ3) is 1.98. The summed E-state index contributed by atoms with van der Waals surface area (Å²) in [6, 6.07) is 0. The highest BCUT2D eigenvalue weighted by atomic mass is 35.5. The molecule has 0 saturated heterocycles. The first-order valence-electron chi connectivity index (χ1n) is 4.78. The second-order valence-electron chi connectivity index (χ2n) is 3.45. The molecule has 0 atom stereocenters. The lowest BCUT2D eigenvalue weighted by Crippen LogP contribution is -2.31. The van der Waals surface area contributed by atoms with E-state index in [1.54, 1.807) is 0 Å². The van der Waals surface area contributed by atoms with Gasteiger partial charge in [0.05, 0.1) is 6.54 Å². The van der Waals surface area contributed by atoms with Crippen molar-refractivity contribution in [1.82, 2.24) is 24.4 Å². The first-order chi connectivity index (χ1) is 8.36. The Hall–Kier alpha value is -1.52. The van der Waals surface area contributed by atoms with Crippen molar-refractivity contribution in [1.29, 1.82) is 0 Å². The van der Waals surface area contributed by atoms with Gasteiger partial charge in [-0.2, -0.15) is 4.68 Å². The molecule has 0 bridgehead atoms. The van der Waals surface area contributed by atoms with Crippen molar-refractivity contribution >= 4 is 27.3 Å². The zero-order chi connectivity index (χ0) is 13.5. The van der Waals surface area contributed by atoms with Gasteiger partial charge in [0.25, 0.3) is 10.0 Å². The summed E-state index contributed by atoms with van der Waals surface area (Å²) in [6.45, 7) is 1.63. The van der Waals surface area contributed by atoms with Gasteiger partial charge in [0.2, 0.25) is 10.7 Å². The molecule has 2 aromatic rings. The van der Waals surface area contributed by atoms with E-state index in [1.807, 2.05) is 0 Å². The number of nitrogens with zero attached hydrogens (tertiary/aromatic N) is 5. The number of fused-ring (bicyclic) bond motifs is 1. The molecule has 98 valence electrons. The van der Waals surface area contributed by atoms with Crippen LogP contribution in [0.4, 0.5) is 0 Å². The van der Waals surface area contributed by atoms with E-state index in [2.05, 4.69) is 15.3 Å². The molecule has 18 heavy (non-hydrogen) atoms. The third-order valence-corrected chi connectivity index (χ3v) is 3.20. The maximum atomic E-state index is 12.0. The minimum absolute atomic E-state index is 0.158. The van der Waals surface area contributed by atoms with Crippen LogP contribution in [0.5, 0.6) is 0 Å². The smallest absolute Gasteiger partial charge is 0.245 e. The summed E-state index contributed by atoms with van der Waals surface area (Å²) < 4.78 is 24.6. The van der Waals surface area contributed by atoms with Gasteiger partial charge >= 0.3 is 5.69 Å². The SMILES string of the molecule is Cc1nc(S(N)(=O)=O)c2nnn(CCCl)c(=O)n12. The molecule has 0 unspecified atom stereocenters. The van der Waals surface area contributed by atoms with Crippen LogP contribution in [-0.4, -0.2) is 38.7 Å². The molecule has 11 heteroatoms. The van der Waals surface area contributed by atoms with E-state index in [9.17, 15) is 13.2 Å². The second kappa shape index (κ2) is 4.30. The summed E-state index contributed by atoms with van der Waals surface area (Å²) in [6.07, 6.45) is 0. The van der Waals surface area contributed by atoms with Gasteiger partial charge in [0, 0.05) is 5.88 Å². The number of hydrogen-bond donors (Lipinski definition) is 1. The Morgan fingerprint density at radius 1 is 1.44 bits per heavy atom. The fourth-order valence-corrected chi connectivity index (χ4v) is 2.28. The van der Waals surface area contributed by atoms with Gasteiger partial charge in [-0.05, 0) is 6.92 Å². The van der Waals surface area contributed by atoms with Gasteiger partial charge < -0.3 is 0 Å². The lowest BCUT2D eigenvalue weighted by atomic mass is 10.7. The Morgan fingerprint density at radius 2 is 2.11 bits per heavy atom. The molecule has 0 saturated carbocycles. The van der Waals surface area contributed by atoms with E-state index < -0.39 is 20.7 Å². The molecular weight excluding hydrogens is 284 g/mol. The zero-order valence-electron chi connectivity index (χ0n) is 9.24. The number of aromatic nitrogens is 5. The van der Waals surface area contributed by atoms with Crippen molar-refractivity contribution in [3.63, 3.8) is 0 Å². The van der Waals surface area contributed by atoms with Gasteiger partial charge in [0.1, 0.15) is 5.82 Å². The maximum absolute atomic E-state index is 12.0. The quantitative estimate of drug-likeness (QED) is 0.685. The number of nitrogens with two attached hydrogens (primary N) is 1. The number of hydrogen-bond acceptors (Lipinski definition) is 6. The largest absolute Gasteiger partial charge is 0.353 e. The average Bonchev–Trinajstić information content (AvgIpc) is 2.61. The fourth-order valence-electron chi connectivity index (χ4n) is 1.47. The van der Waals surface area contributed by atoms with Crippen LogP contribution in [0.3, 0.4) is 0 Å². The predicted molar refractivity (Wildman–Crippen MR) is 61.9 cm³/mol. The van der Waals surface area contributed by atoms with Crippen LogP contribution < -0.4 is 10.8 Å². The fraction of sp³-hybridized carbons (Fsp3) is 0.429. The second-order valence-corrected chi connectivity index (χ2v) is 5.31. The van der Waals surface area contributed by atoms with Gasteiger partial charge in [-0.1, -0.05) is 5.21 Å². The Morgan fingerprint density at radius 3 is 2.67 bits per heavy atom.